The van der Waals surface area contributed by atoms with Crippen molar-refractivity contribution in [1.29, 1.82) is 0 Å². The fourth-order valence-corrected chi connectivity index (χ4v) is 3.77. The third kappa shape index (κ3) is 6.51. The van der Waals surface area contributed by atoms with Crippen molar-refractivity contribution in [2.75, 3.05) is 19.0 Å². The molecule has 0 bridgehead atoms. The Kier molecular flexibility index (Phi) is 7.63. The van der Waals surface area contributed by atoms with E-state index in [1.807, 2.05) is 6.92 Å². The van der Waals surface area contributed by atoms with Crippen LogP contribution in [0.3, 0.4) is 0 Å². The van der Waals surface area contributed by atoms with Crippen molar-refractivity contribution in [2.45, 2.75) is 11.8 Å². The Bertz CT molecular complexity index is 1360. The van der Waals surface area contributed by atoms with E-state index in [0.717, 1.165) is 5.56 Å². The van der Waals surface area contributed by atoms with Gasteiger partial charge in [0.15, 0.2) is 0 Å². The Balaban J connectivity index is 0.000000235. The molecule has 33 heavy (non-hydrogen) atoms. The molecule has 0 radical (unpaired) electrons. The normalized spacial score (nSPS) is 11.3. The Morgan fingerprint density at radius 3 is 2.06 bits per heavy atom. The molecule has 0 atom stereocenters. The fourth-order valence-electron chi connectivity index (χ4n) is 3.30. The summed E-state index contributed by atoms with van der Waals surface area (Å²) in [5.74, 6) is 0. The van der Waals surface area contributed by atoms with Gasteiger partial charge in [-0.2, -0.15) is 4.57 Å². The molecule has 4 rings (SSSR count). The quantitative estimate of drug-likeness (QED) is 0.324. The van der Waals surface area contributed by atoms with Gasteiger partial charge in [0, 0.05) is 43.4 Å². The molecule has 0 fully saturated rings. The van der Waals surface area contributed by atoms with E-state index in [0.29, 0.717) is 0 Å². The highest BCUT2D eigenvalue weighted by molar-refractivity contribution is 7.85. The smallest absolute Gasteiger partial charge is 0.212 e. The summed E-state index contributed by atoms with van der Waals surface area (Å²) in [5.41, 5.74) is 5.78. The van der Waals surface area contributed by atoms with Crippen LogP contribution >= 0.6 is 0 Å². The van der Waals surface area contributed by atoms with Gasteiger partial charge in [0.1, 0.15) is 17.2 Å². The lowest BCUT2D eigenvalue weighted by Crippen LogP contribution is -2.32. The van der Waals surface area contributed by atoms with Crippen LogP contribution in [0.25, 0.3) is 23.1 Å². The second-order valence-electron chi connectivity index (χ2n) is 7.96. The Morgan fingerprint density at radius 1 is 0.818 bits per heavy atom. The first-order valence-electron chi connectivity index (χ1n) is 10.5. The highest BCUT2D eigenvalue weighted by Crippen LogP contribution is 2.15. The van der Waals surface area contributed by atoms with Gasteiger partial charge in [-0.15, -0.1) is 0 Å². The number of aryl methyl sites for hydroxylation is 2. The predicted molar refractivity (Wildman–Crippen MR) is 134 cm³/mol. The fraction of sp³-hybridized carbons (Fsp3) is 0.148. The molecule has 0 aliphatic carbocycles. The molecule has 0 aliphatic rings. The molecule has 0 saturated carbocycles. The molecular formula is C27H28N2O3S. The summed E-state index contributed by atoms with van der Waals surface area (Å²) >= 11 is 0. The minimum absolute atomic E-state index is 0.178. The summed E-state index contributed by atoms with van der Waals surface area (Å²) in [5, 5.41) is 1.26. The summed E-state index contributed by atoms with van der Waals surface area (Å²) in [6, 6.07) is 27.1. The van der Waals surface area contributed by atoms with Crippen LogP contribution in [0.5, 0.6) is 0 Å². The van der Waals surface area contributed by atoms with Gasteiger partial charge in [-0.1, -0.05) is 42.0 Å². The van der Waals surface area contributed by atoms with Crippen LogP contribution in [-0.2, 0) is 17.2 Å². The average molecular weight is 461 g/mol. The van der Waals surface area contributed by atoms with Crippen LogP contribution in [-0.4, -0.2) is 27.1 Å². The third-order valence-corrected chi connectivity index (χ3v) is 6.13. The Hall–Kier alpha value is -3.48. The average Bonchev–Trinajstić information content (AvgIpc) is 2.79. The number of aromatic nitrogens is 1. The molecule has 170 valence electrons. The van der Waals surface area contributed by atoms with Crippen LogP contribution in [0, 0.1) is 6.92 Å². The summed E-state index contributed by atoms with van der Waals surface area (Å²) < 4.78 is 33.4. The first-order chi connectivity index (χ1) is 15.6. The molecule has 1 aromatic heterocycles. The molecular weight excluding hydrogens is 432 g/mol. The molecule has 0 spiro atoms. The van der Waals surface area contributed by atoms with Gasteiger partial charge in [-0.05, 0) is 55.0 Å². The van der Waals surface area contributed by atoms with Crippen molar-refractivity contribution in [3.63, 3.8) is 0 Å². The number of hydrogen-bond acceptors (Lipinski definition) is 4. The van der Waals surface area contributed by atoms with E-state index in [-0.39, 0.29) is 4.90 Å². The zero-order chi connectivity index (χ0) is 24.0. The van der Waals surface area contributed by atoms with E-state index in [9.17, 15) is 13.0 Å². The second-order valence-corrected chi connectivity index (χ2v) is 9.34. The van der Waals surface area contributed by atoms with Gasteiger partial charge in [0.25, 0.3) is 0 Å². The lowest BCUT2D eigenvalue weighted by molar-refractivity contribution is -0.646. The number of nitrogens with zero attached hydrogens (tertiary/aromatic N) is 2. The van der Waals surface area contributed by atoms with Crippen LogP contribution in [0.15, 0.2) is 89.8 Å². The van der Waals surface area contributed by atoms with Crippen molar-refractivity contribution in [2.24, 2.45) is 7.05 Å². The van der Waals surface area contributed by atoms with Crippen LogP contribution in [0.2, 0.25) is 0 Å². The number of anilines is 1. The molecule has 4 aromatic rings. The van der Waals surface area contributed by atoms with E-state index in [2.05, 4.69) is 103 Å². The first-order valence-corrected chi connectivity index (χ1v) is 11.9. The molecule has 0 N–H and O–H groups in total. The largest absolute Gasteiger partial charge is 0.744 e. The topological polar surface area (TPSA) is 64.3 Å². The van der Waals surface area contributed by atoms with E-state index < -0.39 is 10.1 Å². The van der Waals surface area contributed by atoms with E-state index >= 15 is 0 Å². The lowest BCUT2D eigenvalue weighted by Gasteiger charge is -2.11. The van der Waals surface area contributed by atoms with Gasteiger partial charge in [-0.3, -0.25) is 0 Å². The predicted octanol–water partition coefficient (Wildman–Crippen LogP) is 4.80. The van der Waals surface area contributed by atoms with Crippen molar-refractivity contribution < 1.29 is 17.5 Å². The van der Waals surface area contributed by atoms with Crippen molar-refractivity contribution in [3.05, 3.63) is 102 Å². The standard InChI is InChI=1S/C20H21N2.C7H8O3S/c1-21(2)18-12-8-16(9-13-18)10-14-19-15-11-17-6-4-5-7-20(17)22(19)3;1-6-2-4-7(5-3-6)11(8,9)10/h4-15H,1-3H3;2-5H,1H3,(H,8,9,10)/q+1;/p-1. The molecule has 0 saturated heterocycles. The third-order valence-electron chi connectivity index (χ3n) is 5.28. The maximum Gasteiger partial charge on any atom is 0.212 e. The number of para-hydroxylation sites is 1. The minimum atomic E-state index is -4.27. The maximum absolute atomic E-state index is 10.4. The number of pyridine rings is 1. The molecule has 5 nitrogen and oxygen atoms in total. The van der Waals surface area contributed by atoms with Crippen molar-refractivity contribution in [1.82, 2.24) is 0 Å². The van der Waals surface area contributed by atoms with Crippen molar-refractivity contribution in [3.8, 4) is 0 Å². The van der Waals surface area contributed by atoms with Crippen LogP contribution < -0.4 is 9.47 Å². The Labute approximate surface area is 196 Å². The molecule has 0 unspecified atom stereocenters. The molecule has 1 heterocycles. The maximum atomic E-state index is 10.4. The van der Waals surface area contributed by atoms with Gasteiger partial charge < -0.3 is 9.45 Å². The summed E-state index contributed by atoms with van der Waals surface area (Å²) in [6.07, 6.45) is 4.32. The zero-order valence-corrected chi connectivity index (χ0v) is 20.1. The minimum Gasteiger partial charge on any atom is -0.744 e. The number of hydrogen-bond donors (Lipinski definition) is 0. The highest BCUT2D eigenvalue weighted by Gasteiger charge is 2.08. The second kappa shape index (κ2) is 10.4. The first kappa shape index (κ1) is 24.2. The Morgan fingerprint density at radius 2 is 1.45 bits per heavy atom. The number of rotatable bonds is 4. The summed E-state index contributed by atoms with van der Waals surface area (Å²) in [4.78, 5) is 1.93. The van der Waals surface area contributed by atoms with Crippen LogP contribution in [0.4, 0.5) is 5.69 Å². The molecule has 3 aromatic carbocycles. The van der Waals surface area contributed by atoms with Crippen molar-refractivity contribution >= 4 is 38.9 Å². The number of benzene rings is 3. The monoisotopic (exact) mass is 460 g/mol. The van der Waals surface area contributed by atoms with E-state index in [1.165, 1.54) is 40.0 Å². The van der Waals surface area contributed by atoms with Gasteiger partial charge in [0.2, 0.25) is 11.2 Å². The lowest BCUT2D eigenvalue weighted by atomic mass is 10.1. The summed E-state index contributed by atoms with van der Waals surface area (Å²) in [6.45, 7) is 1.82. The highest BCUT2D eigenvalue weighted by atomic mass is 32.2. The molecule has 0 aliphatic heterocycles. The van der Waals surface area contributed by atoms with E-state index in [4.69, 9.17) is 0 Å². The van der Waals surface area contributed by atoms with Crippen LogP contribution in [0.1, 0.15) is 16.8 Å². The zero-order valence-electron chi connectivity index (χ0n) is 19.3. The molecule has 6 heteroatoms. The van der Waals surface area contributed by atoms with Gasteiger partial charge in [0.05, 0.1) is 4.90 Å². The number of fused-ring (bicyclic) bond motifs is 1. The van der Waals surface area contributed by atoms with E-state index in [1.54, 1.807) is 12.1 Å². The molecule has 0 amide bonds. The van der Waals surface area contributed by atoms with Gasteiger partial charge >= 0.3 is 0 Å². The summed E-state index contributed by atoms with van der Waals surface area (Å²) in [7, 11) is 1.95. The van der Waals surface area contributed by atoms with Gasteiger partial charge in [-0.25, -0.2) is 8.42 Å². The SMILES string of the molecule is CN(C)c1ccc(/C=C/c2ccc3ccccc3[n+]2C)cc1.Cc1ccc(S(=O)(=O)[O-])cc1.